The second kappa shape index (κ2) is 7.21. The van der Waals surface area contributed by atoms with Crippen molar-refractivity contribution >= 4 is 0 Å². The van der Waals surface area contributed by atoms with Gasteiger partial charge in [-0.05, 0) is 20.8 Å². The number of hydrogen-bond donors (Lipinski definition) is 2. The number of rotatable bonds is 7. The maximum absolute atomic E-state index is 5.45. The first-order chi connectivity index (χ1) is 6.42. The van der Waals surface area contributed by atoms with Crippen LogP contribution in [0.25, 0.3) is 0 Å². The predicted octanol–water partition coefficient (Wildman–Crippen LogP) is 1.39. The minimum atomic E-state index is 0.194. The highest BCUT2D eigenvalue weighted by Crippen LogP contribution is 1.96. The van der Waals surface area contributed by atoms with E-state index < -0.39 is 0 Å². The van der Waals surface area contributed by atoms with E-state index >= 15 is 0 Å². The van der Waals surface area contributed by atoms with Crippen LogP contribution in [0.3, 0.4) is 0 Å². The van der Waals surface area contributed by atoms with Gasteiger partial charge in [-0.25, -0.2) is 0 Å². The molecule has 0 bridgehead atoms. The molecule has 0 rings (SSSR count). The molecule has 0 aromatic carbocycles. The lowest BCUT2D eigenvalue weighted by Gasteiger charge is -2.20. The van der Waals surface area contributed by atoms with Crippen LogP contribution in [0.2, 0.25) is 0 Å². The lowest BCUT2D eigenvalue weighted by Crippen LogP contribution is -2.38. The minimum absolute atomic E-state index is 0.194. The molecule has 0 aliphatic heterocycles. The summed E-state index contributed by atoms with van der Waals surface area (Å²) in [6.07, 6.45) is 0. The summed E-state index contributed by atoms with van der Waals surface area (Å²) < 4.78 is 5.45. The highest BCUT2D eigenvalue weighted by atomic mass is 16.5. The summed E-state index contributed by atoms with van der Waals surface area (Å²) in [5, 5.41) is 6.68. The van der Waals surface area contributed by atoms with E-state index in [0.717, 1.165) is 26.3 Å². The van der Waals surface area contributed by atoms with Gasteiger partial charge in [0.05, 0.1) is 13.2 Å². The average molecular weight is 202 g/mol. The van der Waals surface area contributed by atoms with Crippen LogP contribution in [-0.4, -0.2) is 37.9 Å². The van der Waals surface area contributed by atoms with Crippen LogP contribution in [0.4, 0.5) is 0 Å². The minimum Gasteiger partial charge on any atom is -0.379 e. The van der Waals surface area contributed by atoms with E-state index in [4.69, 9.17) is 4.74 Å². The van der Waals surface area contributed by atoms with Gasteiger partial charge in [0, 0.05) is 24.7 Å². The molecule has 3 nitrogen and oxygen atoms in total. The van der Waals surface area contributed by atoms with Gasteiger partial charge in [0.15, 0.2) is 0 Å². The van der Waals surface area contributed by atoms with Crippen molar-refractivity contribution in [1.82, 2.24) is 10.6 Å². The molecule has 0 amide bonds. The number of ether oxygens (including phenoxy) is 1. The standard InChI is InChI=1S/C11H26N2O/c1-10(2)12-6-8-14-9-7-13-11(3,4)5/h10,12-13H,6-9H2,1-5H3. The van der Waals surface area contributed by atoms with Crippen molar-refractivity contribution in [1.29, 1.82) is 0 Å². The van der Waals surface area contributed by atoms with E-state index in [0.29, 0.717) is 6.04 Å². The summed E-state index contributed by atoms with van der Waals surface area (Å²) in [6.45, 7) is 14.2. The fraction of sp³-hybridized carbons (Fsp3) is 1.00. The molecule has 14 heavy (non-hydrogen) atoms. The van der Waals surface area contributed by atoms with Crippen LogP contribution in [0, 0.1) is 0 Å². The smallest absolute Gasteiger partial charge is 0.0591 e. The predicted molar refractivity (Wildman–Crippen MR) is 61.7 cm³/mol. The van der Waals surface area contributed by atoms with E-state index in [9.17, 15) is 0 Å². The Kier molecular flexibility index (Phi) is 7.15. The van der Waals surface area contributed by atoms with E-state index in [-0.39, 0.29) is 5.54 Å². The summed E-state index contributed by atoms with van der Waals surface area (Å²) in [4.78, 5) is 0. The normalized spacial score (nSPS) is 12.4. The van der Waals surface area contributed by atoms with Crippen LogP contribution in [-0.2, 0) is 4.74 Å². The van der Waals surface area contributed by atoms with Gasteiger partial charge in [-0.3, -0.25) is 0 Å². The molecular weight excluding hydrogens is 176 g/mol. The maximum atomic E-state index is 5.45. The molecule has 0 unspecified atom stereocenters. The van der Waals surface area contributed by atoms with Gasteiger partial charge >= 0.3 is 0 Å². The van der Waals surface area contributed by atoms with Gasteiger partial charge in [-0.1, -0.05) is 13.8 Å². The summed E-state index contributed by atoms with van der Waals surface area (Å²) in [7, 11) is 0. The first kappa shape index (κ1) is 13.9. The summed E-state index contributed by atoms with van der Waals surface area (Å²) in [6, 6.07) is 0.548. The van der Waals surface area contributed by atoms with E-state index in [1.54, 1.807) is 0 Å². The molecule has 0 fully saturated rings. The molecule has 0 saturated heterocycles. The molecule has 0 saturated carbocycles. The third kappa shape index (κ3) is 11.9. The van der Waals surface area contributed by atoms with Crippen LogP contribution in [0.1, 0.15) is 34.6 Å². The highest BCUT2D eigenvalue weighted by molar-refractivity contribution is 4.69. The third-order valence-corrected chi connectivity index (χ3v) is 1.70. The van der Waals surface area contributed by atoms with Crippen molar-refractivity contribution in [3.63, 3.8) is 0 Å². The van der Waals surface area contributed by atoms with E-state index in [1.807, 2.05) is 0 Å². The lowest BCUT2D eigenvalue weighted by atomic mass is 10.1. The first-order valence-corrected chi connectivity index (χ1v) is 5.48. The largest absolute Gasteiger partial charge is 0.379 e. The van der Waals surface area contributed by atoms with Gasteiger partial charge in [0.1, 0.15) is 0 Å². The van der Waals surface area contributed by atoms with Gasteiger partial charge in [0.25, 0.3) is 0 Å². The Bertz CT molecular complexity index is 130. The fourth-order valence-electron chi connectivity index (χ4n) is 1.02. The average Bonchev–Trinajstić information content (AvgIpc) is 2.00. The van der Waals surface area contributed by atoms with Crippen LogP contribution < -0.4 is 10.6 Å². The van der Waals surface area contributed by atoms with Crippen LogP contribution >= 0.6 is 0 Å². The Morgan fingerprint density at radius 1 is 1.07 bits per heavy atom. The molecule has 0 spiro atoms. The zero-order valence-electron chi connectivity index (χ0n) is 10.3. The molecule has 2 N–H and O–H groups in total. The first-order valence-electron chi connectivity index (χ1n) is 5.48. The maximum Gasteiger partial charge on any atom is 0.0591 e. The molecular formula is C11H26N2O. The quantitative estimate of drug-likeness (QED) is 0.612. The monoisotopic (exact) mass is 202 g/mol. The van der Waals surface area contributed by atoms with Gasteiger partial charge in [-0.2, -0.15) is 0 Å². The van der Waals surface area contributed by atoms with Crippen LogP contribution in [0.5, 0.6) is 0 Å². The number of hydrogen-bond acceptors (Lipinski definition) is 3. The Morgan fingerprint density at radius 3 is 2.14 bits per heavy atom. The molecule has 86 valence electrons. The summed E-state index contributed by atoms with van der Waals surface area (Å²) >= 11 is 0. The van der Waals surface area contributed by atoms with Crippen molar-refractivity contribution in [3.8, 4) is 0 Å². The molecule has 0 aromatic rings. The SMILES string of the molecule is CC(C)NCCOCCNC(C)(C)C. The molecule has 3 heteroatoms. The topological polar surface area (TPSA) is 33.3 Å². The van der Waals surface area contributed by atoms with Crippen molar-refractivity contribution in [2.45, 2.75) is 46.2 Å². The molecule has 0 heterocycles. The third-order valence-electron chi connectivity index (χ3n) is 1.70. The van der Waals surface area contributed by atoms with Gasteiger partial charge in [0.2, 0.25) is 0 Å². The lowest BCUT2D eigenvalue weighted by molar-refractivity contribution is 0.131. The zero-order valence-corrected chi connectivity index (χ0v) is 10.3. The summed E-state index contributed by atoms with van der Waals surface area (Å²) in [5.74, 6) is 0. The molecule has 0 aromatic heterocycles. The zero-order chi connectivity index (χ0) is 11.0. The van der Waals surface area contributed by atoms with Crippen molar-refractivity contribution < 1.29 is 4.74 Å². The Hall–Kier alpha value is -0.120. The Labute approximate surface area is 88.6 Å². The summed E-state index contributed by atoms with van der Waals surface area (Å²) in [5.41, 5.74) is 0.194. The Morgan fingerprint density at radius 2 is 1.64 bits per heavy atom. The highest BCUT2D eigenvalue weighted by Gasteiger charge is 2.06. The van der Waals surface area contributed by atoms with Crippen molar-refractivity contribution in [2.24, 2.45) is 0 Å². The van der Waals surface area contributed by atoms with Crippen LogP contribution in [0.15, 0.2) is 0 Å². The molecule has 0 atom stereocenters. The van der Waals surface area contributed by atoms with Gasteiger partial charge < -0.3 is 15.4 Å². The molecule has 0 aliphatic rings. The second-order valence-electron chi connectivity index (χ2n) is 4.90. The van der Waals surface area contributed by atoms with E-state index in [2.05, 4.69) is 45.3 Å². The number of nitrogens with one attached hydrogen (secondary N) is 2. The molecule has 0 radical (unpaired) electrons. The van der Waals surface area contributed by atoms with E-state index in [1.165, 1.54) is 0 Å². The van der Waals surface area contributed by atoms with Crippen molar-refractivity contribution in [3.05, 3.63) is 0 Å². The fourth-order valence-corrected chi connectivity index (χ4v) is 1.02. The van der Waals surface area contributed by atoms with Gasteiger partial charge in [-0.15, -0.1) is 0 Å². The Balaban J connectivity index is 3.07. The van der Waals surface area contributed by atoms with Crippen molar-refractivity contribution in [2.75, 3.05) is 26.3 Å². The molecule has 0 aliphatic carbocycles. The second-order valence-corrected chi connectivity index (χ2v) is 4.90.